The SMILES string of the molecule is Cn1c(Sc2ccc(C(F)(F)F)nn2)nnc1-c1ccccc1. The van der Waals surface area contributed by atoms with Gasteiger partial charge >= 0.3 is 6.18 Å². The molecule has 3 rings (SSSR count). The zero-order valence-electron chi connectivity index (χ0n) is 11.8. The third-order valence-corrected chi connectivity index (χ3v) is 3.96. The first-order chi connectivity index (χ1) is 10.9. The molecule has 2 heterocycles. The molecule has 3 aromatic rings. The fourth-order valence-corrected chi connectivity index (χ4v) is 2.57. The largest absolute Gasteiger partial charge is 0.435 e. The molecule has 0 aliphatic carbocycles. The summed E-state index contributed by atoms with van der Waals surface area (Å²) < 4.78 is 39.1. The quantitative estimate of drug-likeness (QED) is 0.733. The Morgan fingerprint density at radius 3 is 2.26 bits per heavy atom. The van der Waals surface area contributed by atoms with Crippen molar-refractivity contribution < 1.29 is 13.2 Å². The summed E-state index contributed by atoms with van der Waals surface area (Å²) in [6.07, 6.45) is -4.50. The number of alkyl halides is 3. The van der Waals surface area contributed by atoms with E-state index in [9.17, 15) is 13.2 Å². The van der Waals surface area contributed by atoms with Gasteiger partial charge in [0, 0.05) is 12.6 Å². The van der Waals surface area contributed by atoms with Gasteiger partial charge in [0.1, 0.15) is 5.03 Å². The first-order valence-corrected chi connectivity index (χ1v) is 7.30. The highest BCUT2D eigenvalue weighted by Gasteiger charge is 2.32. The second-order valence-electron chi connectivity index (χ2n) is 4.59. The zero-order chi connectivity index (χ0) is 16.4. The molecule has 2 aromatic heterocycles. The van der Waals surface area contributed by atoms with Crippen molar-refractivity contribution in [3.05, 3.63) is 48.2 Å². The van der Waals surface area contributed by atoms with Crippen LogP contribution in [0.25, 0.3) is 11.4 Å². The number of benzene rings is 1. The molecule has 0 radical (unpaired) electrons. The number of aromatic nitrogens is 5. The van der Waals surface area contributed by atoms with E-state index in [0.717, 1.165) is 23.4 Å². The van der Waals surface area contributed by atoms with E-state index in [2.05, 4.69) is 20.4 Å². The Morgan fingerprint density at radius 2 is 1.65 bits per heavy atom. The van der Waals surface area contributed by atoms with Gasteiger partial charge in [-0.2, -0.15) is 13.2 Å². The summed E-state index contributed by atoms with van der Waals surface area (Å²) in [4.78, 5) is 0. The average molecular weight is 337 g/mol. The minimum Gasteiger partial charge on any atom is -0.305 e. The molecular formula is C14H10F3N5S. The summed E-state index contributed by atoms with van der Waals surface area (Å²) in [6, 6.07) is 11.6. The van der Waals surface area contributed by atoms with Crippen molar-refractivity contribution in [2.24, 2.45) is 7.05 Å². The number of hydrogen-bond acceptors (Lipinski definition) is 5. The molecule has 9 heteroatoms. The second kappa shape index (κ2) is 5.99. The molecule has 118 valence electrons. The molecule has 0 saturated carbocycles. The molecule has 0 aliphatic heterocycles. The number of halogens is 3. The maximum absolute atomic E-state index is 12.5. The lowest BCUT2D eigenvalue weighted by Crippen LogP contribution is -2.08. The molecule has 0 bridgehead atoms. The van der Waals surface area contributed by atoms with Gasteiger partial charge in [0.05, 0.1) is 0 Å². The molecule has 0 N–H and O–H groups in total. The van der Waals surface area contributed by atoms with Gasteiger partial charge in [-0.3, -0.25) is 0 Å². The first-order valence-electron chi connectivity index (χ1n) is 6.49. The maximum atomic E-state index is 12.5. The summed E-state index contributed by atoms with van der Waals surface area (Å²) >= 11 is 1.10. The predicted molar refractivity (Wildman–Crippen MR) is 77.6 cm³/mol. The summed E-state index contributed by atoms with van der Waals surface area (Å²) in [5, 5.41) is 15.7. The Kier molecular flexibility index (Phi) is 4.03. The van der Waals surface area contributed by atoms with Crippen molar-refractivity contribution in [2.75, 3.05) is 0 Å². The summed E-state index contributed by atoms with van der Waals surface area (Å²) in [6.45, 7) is 0. The number of rotatable bonds is 3. The molecule has 0 aliphatic rings. The topological polar surface area (TPSA) is 56.5 Å². The van der Waals surface area contributed by atoms with Gasteiger partial charge in [0.15, 0.2) is 16.7 Å². The molecule has 0 amide bonds. The van der Waals surface area contributed by atoms with Crippen molar-refractivity contribution in [3.8, 4) is 11.4 Å². The molecule has 0 saturated heterocycles. The molecule has 0 spiro atoms. The normalized spacial score (nSPS) is 11.7. The molecular weight excluding hydrogens is 327 g/mol. The van der Waals surface area contributed by atoms with Crippen LogP contribution in [-0.4, -0.2) is 25.0 Å². The van der Waals surface area contributed by atoms with E-state index in [1.807, 2.05) is 30.3 Å². The van der Waals surface area contributed by atoms with E-state index in [-0.39, 0.29) is 0 Å². The summed E-state index contributed by atoms with van der Waals surface area (Å²) in [5.41, 5.74) is -0.127. The van der Waals surface area contributed by atoms with Gasteiger partial charge in [-0.1, -0.05) is 30.3 Å². The van der Waals surface area contributed by atoms with E-state index in [4.69, 9.17) is 0 Å². The lowest BCUT2D eigenvalue weighted by Gasteiger charge is -2.05. The van der Waals surface area contributed by atoms with Crippen LogP contribution in [-0.2, 0) is 13.2 Å². The second-order valence-corrected chi connectivity index (χ2v) is 5.58. The molecule has 5 nitrogen and oxygen atoms in total. The highest BCUT2D eigenvalue weighted by Crippen LogP contribution is 2.30. The third kappa shape index (κ3) is 3.34. The molecule has 23 heavy (non-hydrogen) atoms. The van der Waals surface area contributed by atoms with Gasteiger partial charge in [-0.15, -0.1) is 20.4 Å². The van der Waals surface area contributed by atoms with Crippen LogP contribution >= 0.6 is 11.8 Å². The fraction of sp³-hybridized carbons (Fsp3) is 0.143. The van der Waals surface area contributed by atoms with E-state index >= 15 is 0 Å². The molecule has 0 fully saturated rings. The van der Waals surface area contributed by atoms with Gasteiger partial charge in [0.25, 0.3) is 0 Å². The van der Waals surface area contributed by atoms with E-state index in [1.54, 1.807) is 11.6 Å². The van der Waals surface area contributed by atoms with Crippen LogP contribution in [0, 0.1) is 0 Å². The van der Waals surface area contributed by atoms with Gasteiger partial charge in [-0.05, 0) is 23.9 Å². The Hall–Kier alpha value is -2.42. The van der Waals surface area contributed by atoms with Crippen molar-refractivity contribution in [3.63, 3.8) is 0 Å². The Morgan fingerprint density at radius 1 is 0.913 bits per heavy atom. The lowest BCUT2D eigenvalue weighted by molar-refractivity contribution is -0.141. The third-order valence-electron chi connectivity index (χ3n) is 2.99. The van der Waals surface area contributed by atoms with Crippen LogP contribution in [0.4, 0.5) is 13.2 Å². The van der Waals surface area contributed by atoms with Gasteiger partial charge in [0.2, 0.25) is 0 Å². The van der Waals surface area contributed by atoms with Crippen LogP contribution in [0.3, 0.4) is 0 Å². The molecule has 0 unspecified atom stereocenters. The summed E-state index contributed by atoms with van der Waals surface area (Å²) in [5.74, 6) is 0.660. The highest BCUT2D eigenvalue weighted by atomic mass is 32.2. The standard InChI is InChI=1S/C14H10F3N5S/c1-22-12(9-5-3-2-4-6-9)20-21-13(22)23-11-8-7-10(18-19-11)14(15,16)17/h2-8H,1H3. The van der Waals surface area contributed by atoms with Crippen molar-refractivity contribution in [1.29, 1.82) is 0 Å². The van der Waals surface area contributed by atoms with Gasteiger partial charge in [-0.25, -0.2) is 0 Å². The smallest absolute Gasteiger partial charge is 0.305 e. The minimum absolute atomic E-state index is 0.313. The Labute approximate surface area is 133 Å². The summed E-state index contributed by atoms with van der Waals surface area (Å²) in [7, 11) is 1.78. The molecule has 1 aromatic carbocycles. The number of nitrogens with zero attached hydrogens (tertiary/aromatic N) is 5. The van der Waals surface area contributed by atoms with Crippen molar-refractivity contribution in [1.82, 2.24) is 25.0 Å². The lowest BCUT2D eigenvalue weighted by atomic mass is 10.2. The van der Waals surface area contributed by atoms with Crippen LogP contribution < -0.4 is 0 Å². The van der Waals surface area contributed by atoms with Gasteiger partial charge < -0.3 is 4.57 Å². The maximum Gasteiger partial charge on any atom is 0.435 e. The van der Waals surface area contributed by atoms with E-state index < -0.39 is 11.9 Å². The van der Waals surface area contributed by atoms with Crippen LogP contribution in [0.2, 0.25) is 0 Å². The fourth-order valence-electron chi connectivity index (χ4n) is 1.86. The monoisotopic (exact) mass is 337 g/mol. The van der Waals surface area contributed by atoms with Crippen molar-refractivity contribution >= 4 is 11.8 Å². The van der Waals surface area contributed by atoms with E-state index in [1.165, 1.54) is 6.07 Å². The Balaban J connectivity index is 1.83. The van der Waals surface area contributed by atoms with E-state index in [0.29, 0.717) is 16.0 Å². The predicted octanol–water partition coefficient (Wildman–Crippen LogP) is 3.44. The van der Waals surface area contributed by atoms with Crippen LogP contribution in [0.15, 0.2) is 52.6 Å². The number of hydrogen-bond donors (Lipinski definition) is 0. The first kappa shape index (κ1) is 15.5. The highest BCUT2D eigenvalue weighted by molar-refractivity contribution is 7.99. The minimum atomic E-state index is -4.50. The van der Waals surface area contributed by atoms with Crippen LogP contribution in [0.1, 0.15) is 5.69 Å². The molecule has 0 atom stereocenters. The Bertz CT molecular complexity index is 800. The average Bonchev–Trinajstić information content (AvgIpc) is 2.89. The van der Waals surface area contributed by atoms with Crippen LogP contribution in [0.5, 0.6) is 0 Å². The zero-order valence-corrected chi connectivity index (χ0v) is 12.6. The van der Waals surface area contributed by atoms with Crippen molar-refractivity contribution in [2.45, 2.75) is 16.4 Å².